The lowest BCUT2D eigenvalue weighted by molar-refractivity contribution is 0.385. The first-order valence-corrected chi connectivity index (χ1v) is 8.74. The highest BCUT2D eigenvalue weighted by Crippen LogP contribution is 2.34. The van der Waals surface area contributed by atoms with Crippen LogP contribution in [0.3, 0.4) is 0 Å². The minimum Gasteiger partial charge on any atom is -0.496 e. The molecule has 0 unspecified atom stereocenters. The first kappa shape index (κ1) is 16.3. The van der Waals surface area contributed by atoms with E-state index in [0.717, 1.165) is 28.1 Å². The standard InChI is InChI=1S/C19H22BrNO2/c1-22-18-11-19(23-2)16(20)10-14(18)12-21-17-9-5-7-13-6-3-4-8-15(13)17/h3-4,6,8,10-11,17,21H,5,7,9,12H2,1-2H3/t17-/m0/s1. The molecule has 0 heterocycles. The largest absolute Gasteiger partial charge is 0.496 e. The Kier molecular flexibility index (Phi) is 5.23. The van der Waals surface area contributed by atoms with Gasteiger partial charge in [0, 0.05) is 24.2 Å². The zero-order valence-electron chi connectivity index (χ0n) is 13.6. The molecular weight excluding hydrogens is 354 g/mol. The van der Waals surface area contributed by atoms with Crippen LogP contribution < -0.4 is 14.8 Å². The van der Waals surface area contributed by atoms with E-state index in [1.165, 1.54) is 30.4 Å². The minimum atomic E-state index is 0.408. The summed E-state index contributed by atoms with van der Waals surface area (Å²) >= 11 is 3.55. The Morgan fingerprint density at radius 1 is 1.13 bits per heavy atom. The van der Waals surface area contributed by atoms with Crippen LogP contribution in [-0.2, 0) is 13.0 Å². The fourth-order valence-corrected chi connectivity index (χ4v) is 3.81. The molecule has 1 atom stereocenters. The number of rotatable bonds is 5. The molecule has 0 aromatic heterocycles. The highest BCUT2D eigenvalue weighted by molar-refractivity contribution is 9.10. The van der Waals surface area contributed by atoms with Crippen molar-refractivity contribution in [3.8, 4) is 11.5 Å². The third kappa shape index (κ3) is 3.54. The highest BCUT2D eigenvalue weighted by Gasteiger charge is 2.20. The van der Waals surface area contributed by atoms with Crippen molar-refractivity contribution in [3.63, 3.8) is 0 Å². The second-order valence-corrected chi connectivity index (χ2v) is 6.68. The molecule has 3 nitrogen and oxygen atoms in total. The molecule has 122 valence electrons. The van der Waals surface area contributed by atoms with Crippen LogP contribution in [0.5, 0.6) is 11.5 Å². The van der Waals surface area contributed by atoms with Crippen LogP contribution in [-0.4, -0.2) is 14.2 Å². The Morgan fingerprint density at radius 3 is 2.70 bits per heavy atom. The fraction of sp³-hybridized carbons (Fsp3) is 0.368. The second kappa shape index (κ2) is 7.37. The Labute approximate surface area is 146 Å². The number of hydrogen-bond acceptors (Lipinski definition) is 3. The van der Waals surface area contributed by atoms with Gasteiger partial charge in [0.25, 0.3) is 0 Å². The van der Waals surface area contributed by atoms with E-state index in [-0.39, 0.29) is 0 Å². The van der Waals surface area contributed by atoms with Gasteiger partial charge in [0.1, 0.15) is 11.5 Å². The molecule has 3 rings (SSSR count). The molecule has 1 aliphatic carbocycles. The van der Waals surface area contributed by atoms with Gasteiger partial charge in [-0.25, -0.2) is 0 Å². The predicted molar refractivity (Wildman–Crippen MR) is 96.2 cm³/mol. The van der Waals surface area contributed by atoms with Crippen molar-refractivity contribution in [2.24, 2.45) is 0 Å². The third-order valence-electron chi connectivity index (χ3n) is 4.46. The van der Waals surface area contributed by atoms with E-state index in [1.807, 2.05) is 6.07 Å². The topological polar surface area (TPSA) is 30.5 Å². The van der Waals surface area contributed by atoms with Gasteiger partial charge in [-0.3, -0.25) is 0 Å². The molecule has 0 saturated carbocycles. The van der Waals surface area contributed by atoms with Crippen LogP contribution >= 0.6 is 15.9 Å². The van der Waals surface area contributed by atoms with Gasteiger partial charge in [0.15, 0.2) is 0 Å². The first-order valence-electron chi connectivity index (χ1n) is 7.94. The van der Waals surface area contributed by atoms with Crippen molar-refractivity contribution in [2.45, 2.75) is 31.8 Å². The van der Waals surface area contributed by atoms with E-state index in [9.17, 15) is 0 Å². The van der Waals surface area contributed by atoms with Crippen molar-refractivity contribution >= 4 is 15.9 Å². The van der Waals surface area contributed by atoms with E-state index in [4.69, 9.17) is 9.47 Å². The summed E-state index contributed by atoms with van der Waals surface area (Å²) in [6.45, 7) is 0.769. The van der Waals surface area contributed by atoms with Crippen LogP contribution in [0.25, 0.3) is 0 Å². The Balaban J connectivity index is 1.78. The number of ether oxygens (including phenoxy) is 2. The van der Waals surface area contributed by atoms with Crippen LogP contribution in [0.4, 0.5) is 0 Å². The van der Waals surface area contributed by atoms with Gasteiger partial charge >= 0.3 is 0 Å². The van der Waals surface area contributed by atoms with Gasteiger partial charge < -0.3 is 14.8 Å². The molecule has 4 heteroatoms. The molecule has 0 saturated heterocycles. The molecule has 1 N–H and O–H groups in total. The van der Waals surface area contributed by atoms with Crippen molar-refractivity contribution < 1.29 is 9.47 Å². The fourth-order valence-electron chi connectivity index (χ4n) is 3.26. The van der Waals surface area contributed by atoms with Crippen LogP contribution in [0.15, 0.2) is 40.9 Å². The van der Waals surface area contributed by atoms with E-state index in [0.29, 0.717) is 6.04 Å². The van der Waals surface area contributed by atoms with Crippen molar-refractivity contribution in [1.29, 1.82) is 0 Å². The number of methoxy groups -OCH3 is 2. The average Bonchev–Trinajstić information content (AvgIpc) is 2.60. The molecule has 0 amide bonds. The Morgan fingerprint density at radius 2 is 1.91 bits per heavy atom. The highest BCUT2D eigenvalue weighted by atomic mass is 79.9. The zero-order chi connectivity index (χ0) is 16.2. The summed E-state index contributed by atoms with van der Waals surface area (Å²) < 4.78 is 11.8. The number of hydrogen-bond donors (Lipinski definition) is 1. The molecular formula is C19H22BrNO2. The summed E-state index contributed by atoms with van der Waals surface area (Å²) in [5.74, 6) is 1.63. The monoisotopic (exact) mass is 375 g/mol. The molecule has 2 aromatic rings. The lowest BCUT2D eigenvalue weighted by Crippen LogP contribution is -2.25. The predicted octanol–water partition coefficient (Wildman–Crippen LogP) is 4.63. The second-order valence-electron chi connectivity index (χ2n) is 5.82. The van der Waals surface area contributed by atoms with Gasteiger partial charge in [-0.1, -0.05) is 24.3 Å². The SMILES string of the molecule is COc1cc(OC)c(CN[C@H]2CCCc3ccccc32)cc1Br. The van der Waals surface area contributed by atoms with Gasteiger partial charge in [-0.05, 0) is 52.4 Å². The van der Waals surface area contributed by atoms with E-state index in [1.54, 1.807) is 14.2 Å². The summed E-state index contributed by atoms with van der Waals surface area (Å²) in [5, 5.41) is 3.69. The molecule has 0 bridgehead atoms. The van der Waals surface area contributed by atoms with Gasteiger partial charge in [-0.15, -0.1) is 0 Å². The van der Waals surface area contributed by atoms with Gasteiger partial charge in [0.2, 0.25) is 0 Å². The number of halogens is 1. The third-order valence-corrected chi connectivity index (χ3v) is 5.08. The van der Waals surface area contributed by atoms with Crippen molar-refractivity contribution in [1.82, 2.24) is 5.32 Å². The lowest BCUT2D eigenvalue weighted by atomic mass is 9.87. The molecule has 0 fully saturated rings. The van der Waals surface area contributed by atoms with Crippen LogP contribution in [0, 0.1) is 0 Å². The Bertz CT molecular complexity index is 687. The maximum Gasteiger partial charge on any atom is 0.136 e. The summed E-state index contributed by atoms with van der Waals surface area (Å²) in [7, 11) is 3.36. The summed E-state index contributed by atoms with van der Waals surface area (Å²) in [4.78, 5) is 0. The first-order chi connectivity index (χ1) is 11.2. The average molecular weight is 376 g/mol. The van der Waals surface area contributed by atoms with Gasteiger partial charge in [-0.2, -0.15) is 0 Å². The maximum absolute atomic E-state index is 5.51. The molecule has 2 aromatic carbocycles. The van der Waals surface area contributed by atoms with Crippen LogP contribution in [0.2, 0.25) is 0 Å². The summed E-state index contributed by atoms with van der Waals surface area (Å²) in [6.07, 6.45) is 3.60. The van der Waals surface area contributed by atoms with E-state index < -0.39 is 0 Å². The van der Waals surface area contributed by atoms with Gasteiger partial charge in [0.05, 0.1) is 18.7 Å². The molecule has 0 radical (unpaired) electrons. The van der Waals surface area contributed by atoms with E-state index in [2.05, 4.69) is 51.6 Å². The van der Waals surface area contributed by atoms with Crippen molar-refractivity contribution in [2.75, 3.05) is 14.2 Å². The normalized spacial score (nSPS) is 16.7. The molecule has 0 spiro atoms. The number of benzene rings is 2. The molecule has 0 aliphatic heterocycles. The molecule has 1 aliphatic rings. The number of nitrogens with one attached hydrogen (secondary N) is 1. The smallest absolute Gasteiger partial charge is 0.136 e. The van der Waals surface area contributed by atoms with Crippen LogP contribution in [0.1, 0.15) is 35.6 Å². The quantitative estimate of drug-likeness (QED) is 0.825. The van der Waals surface area contributed by atoms with E-state index >= 15 is 0 Å². The number of fused-ring (bicyclic) bond motifs is 1. The maximum atomic E-state index is 5.51. The van der Waals surface area contributed by atoms with Crippen molar-refractivity contribution in [3.05, 3.63) is 57.6 Å². The summed E-state index contributed by atoms with van der Waals surface area (Å²) in [5.41, 5.74) is 4.03. The lowest BCUT2D eigenvalue weighted by Gasteiger charge is -2.27. The minimum absolute atomic E-state index is 0.408. The Hall–Kier alpha value is -1.52. The summed E-state index contributed by atoms with van der Waals surface area (Å²) in [6, 6.07) is 13.1. The zero-order valence-corrected chi connectivity index (χ0v) is 15.2. The molecule has 23 heavy (non-hydrogen) atoms. The number of aryl methyl sites for hydroxylation is 1.